The molecule has 2 aliphatic rings. The highest BCUT2D eigenvalue weighted by molar-refractivity contribution is 6.04. The maximum absolute atomic E-state index is 12.4. The number of benzene rings is 2. The molecule has 0 aliphatic carbocycles. The molecule has 6 aromatic rings. The van der Waals surface area contributed by atoms with Gasteiger partial charge in [-0.3, -0.25) is 24.1 Å². The number of nitrogens with two attached hydrogens (primary N) is 1. The van der Waals surface area contributed by atoms with Crippen LogP contribution in [0.2, 0.25) is 0 Å². The van der Waals surface area contributed by atoms with Gasteiger partial charge in [0.15, 0.2) is 28.8 Å². The Morgan fingerprint density at radius 1 is 0.647 bits per heavy atom. The van der Waals surface area contributed by atoms with Crippen LogP contribution in [0.5, 0.6) is 23.0 Å². The molecule has 0 radical (unpaired) electrons. The van der Waals surface area contributed by atoms with Crippen molar-refractivity contribution in [2.24, 2.45) is 0 Å². The average molecular weight is 691 g/mol. The fourth-order valence-electron chi connectivity index (χ4n) is 4.88. The number of nitrogens with zero attached hydrogens (tertiary/aromatic N) is 6. The molecular weight excluding hydrogens is 656 g/mol. The number of nitrogens with one attached hydrogen (secondary N) is 1. The lowest BCUT2D eigenvalue weighted by atomic mass is 10.2. The number of carbonyl (C=O) groups excluding carboxylic acids is 1. The summed E-state index contributed by atoms with van der Waals surface area (Å²) in [5, 5.41) is 19.9. The third-order valence-corrected chi connectivity index (χ3v) is 7.32. The van der Waals surface area contributed by atoms with Crippen LogP contribution < -0.4 is 30.0 Å². The summed E-state index contributed by atoms with van der Waals surface area (Å²) in [6.07, 6.45) is 10.7. The van der Waals surface area contributed by atoms with E-state index in [1.807, 2.05) is 36.7 Å². The van der Waals surface area contributed by atoms with Crippen LogP contribution in [0, 0.1) is 0 Å². The first-order valence-electron chi connectivity index (χ1n) is 15.8. The zero-order valence-electron chi connectivity index (χ0n) is 27.3. The van der Waals surface area contributed by atoms with Gasteiger partial charge in [-0.15, -0.1) is 0 Å². The van der Waals surface area contributed by atoms with Crippen LogP contribution in [-0.4, -0.2) is 72.9 Å². The Labute approximate surface area is 292 Å². The first kappa shape index (κ1) is 34.0. The minimum absolute atomic E-state index is 0.212. The number of rotatable bonds is 7. The normalized spacial score (nSPS) is 12.3. The average Bonchev–Trinajstić information content (AvgIpc) is 3.79. The number of carboxylic acids is 1. The van der Waals surface area contributed by atoms with Crippen molar-refractivity contribution in [2.45, 2.75) is 13.1 Å². The molecule has 0 saturated heterocycles. The molecule has 0 fully saturated rings. The van der Waals surface area contributed by atoms with Crippen molar-refractivity contribution in [3.8, 4) is 23.0 Å². The zero-order chi connectivity index (χ0) is 35.4. The number of aromatic carboxylic acids is 1. The van der Waals surface area contributed by atoms with Gasteiger partial charge in [0, 0.05) is 48.8 Å². The molecule has 0 spiro atoms. The topological polar surface area (TPSA) is 191 Å². The van der Waals surface area contributed by atoms with Crippen LogP contribution in [0.3, 0.4) is 0 Å². The highest BCUT2D eigenvalue weighted by atomic mass is 16.6. The van der Waals surface area contributed by atoms with Crippen molar-refractivity contribution in [3.05, 3.63) is 132 Å². The summed E-state index contributed by atoms with van der Waals surface area (Å²) in [4.78, 5) is 30.9. The SMILES string of the molecule is Nc1ccn(Cc2ccncc2)n1.O=C(Nc1ccn(Cc2ccncc2)n1)c1ccc2c(c1)OCCO2.O=C(O)c1ccc2c(c1)OCCO2. The predicted octanol–water partition coefficient (Wildman–Crippen LogP) is 4.41. The van der Waals surface area contributed by atoms with Gasteiger partial charge in [-0.05, 0) is 77.9 Å². The van der Waals surface area contributed by atoms with Crippen LogP contribution in [-0.2, 0) is 13.1 Å². The van der Waals surface area contributed by atoms with Gasteiger partial charge < -0.3 is 35.1 Å². The molecular formula is C36H34N8O7. The summed E-state index contributed by atoms with van der Waals surface area (Å²) < 4.78 is 25.0. The molecule has 1 amide bonds. The Morgan fingerprint density at radius 2 is 1.14 bits per heavy atom. The minimum atomic E-state index is -0.961. The summed E-state index contributed by atoms with van der Waals surface area (Å²) >= 11 is 0. The lowest BCUT2D eigenvalue weighted by Crippen LogP contribution is -2.17. The van der Waals surface area contributed by atoms with Crippen molar-refractivity contribution in [1.82, 2.24) is 29.5 Å². The van der Waals surface area contributed by atoms with Crippen LogP contribution in [0.1, 0.15) is 31.8 Å². The smallest absolute Gasteiger partial charge is 0.335 e. The Hall–Kier alpha value is -6.90. The molecule has 0 saturated carbocycles. The van der Waals surface area contributed by atoms with E-state index in [1.54, 1.807) is 70.5 Å². The van der Waals surface area contributed by atoms with E-state index in [4.69, 9.17) is 29.8 Å². The summed E-state index contributed by atoms with van der Waals surface area (Å²) in [7, 11) is 0. The second-order valence-corrected chi connectivity index (χ2v) is 11.0. The molecule has 2 aliphatic heterocycles. The molecule has 260 valence electrons. The Morgan fingerprint density at radius 3 is 1.67 bits per heavy atom. The van der Waals surface area contributed by atoms with Crippen LogP contribution in [0.15, 0.2) is 110 Å². The number of hydrogen-bond acceptors (Lipinski definition) is 11. The minimum Gasteiger partial charge on any atom is -0.486 e. The van der Waals surface area contributed by atoms with E-state index in [2.05, 4.69) is 25.5 Å². The number of hydrogen-bond donors (Lipinski definition) is 3. The van der Waals surface area contributed by atoms with E-state index >= 15 is 0 Å². The summed E-state index contributed by atoms with van der Waals surface area (Å²) in [6.45, 7) is 3.34. The molecule has 4 N–H and O–H groups in total. The highest BCUT2D eigenvalue weighted by Crippen LogP contribution is 2.31. The largest absolute Gasteiger partial charge is 0.486 e. The van der Waals surface area contributed by atoms with Crippen molar-refractivity contribution in [3.63, 3.8) is 0 Å². The van der Waals surface area contributed by atoms with Gasteiger partial charge >= 0.3 is 5.97 Å². The number of anilines is 2. The Bertz CT molecular complexity index is 2070. The molecule has 51 heavy (non-hydrogen) atoms. The van der Waals surface area contributed by atoms with Crippen LogP contribution >= 0.6 is 0 Å². The van der Waals surface area contributed by atoms with Gasteiger partial charge in [0.05, 0.1) is 18.7 Å². The van der Waals surface area contributed by atoms with Gasteiger partial charge in [-0.2, -0.15) is 10.2 Å². The number of nitrogen functional groups attached to an aromatic ring is 1. The highest BCUT2D eigenvalue weighted by Gasteiger charge is 2.16. The number of pyridine rings is 2. The number of fused-ring (bicyclic) bond motifs is 2. The molecule has 6 heterocycles. The van der Waals surface area contributed by atoms with Gasteiger partial charge in [-0.25, -0.2) is 4.79 Å². The predicted molar refractivity (Wildman–Crippen MR) is 185 cm³/mol. The van der Waals surface area contributed by atoms with Crippen molar-refractivity contribution >= 4 is 23.5 Å². The molecule has 2 aromatic carbocycles. The van der Waals surface area contributed by atoms with Crippen molar-refractivity contribution < 1.29 is 33.6 Å². The Balaban J connectivity index is 0.000000145. The number of carboxylic acid groups (broad SMARTS) is 1. The van der Waals surface area contributed by atoms with Crippen LogP contribution in [0.4, 0.5) is 11.6 Å². The second kappa shape index (κ2) is 16.5. The molecule has 4 aromatic heterocycles. The third-order valence-electron chi connectivity index (χ3n) is 7.32. The second-order valence-electron chi connectivity index (χ2n) is 11.0. The molecule has 0 unspecified atom stereocenters. The van der Waals surface area contributed by atoms with E-state index in [-0.39, 0.29) is 11.5 Å². The standard InChI is InChI=1S/C18H16N4O3.C9H10N4.C9H8O4/c23-18(14-1-2-15-16(11-14)25-10-9-24-15)20-17-5-8-22(21-17)12-13-3-6-19-7-4-13;10-9-3-6-13(12-9)7-8-1-4-11-5-2-8;10-9(11)6-1-2-7-8(5-6)13-4-3-12-7/h1-8,11H,9-10,12H2,(H,20,21,23);1-6H,7H2,(H2,10,12);1-2,5H,3-4H2,(H,10,11). The number of carbonyl (C=O) groups is 2. The monoisotopic (exact) mass is 690 g/mol. The molecule has 0 bridgehead atoms. The van der Waals surface area contributed by atoms with Gasteiger partial charge in [0.2, 0.25) is 0 Å². The molecule has 8 rings (SSSR count). The lowest BCUT2D eigenvalue weighted by Gasteiger charge is -2.18. The molecule has 15 nitrogen and oxygen atoms in total. The maximum atomic E-state index is 12.4. The molecule has 15 heteroatoms. The van der Waals surface area contributed by atoms with E-state index in [0.29, 0.717) is 73.2 Å². The third kappa shape index (κ3) is 9.60. The van der Waals surface area contributed by atoms with Gasteiger partial charge in [0.1, 0.15) is 32.2 Å². The maximum Gasteiger partial charge on any atom is 0.335 e. The van der Waals surface area contributed by atoms with Crippen LogP contribution in [0.25, 0.3) is 0 Å². The van der Waals surface area contributed by atoms with E-state index < -0.39 is 5.97 Å². The fourth-order valence-corrected chi connectivity index (χ4v) is 4.88. The number of aromatic nitrogens is 6. The van der Waals surface area contributed by atoms with E-state index in [1.165, 1.54) is 12.1 Å². The Kier molecular flexibility index (Phi) is 11.0. The zero-order valence-corrected chi connectivity index (χ0v) is 27.3. The summed E-state index contributed by atoms with van der Waals surface area (Å²) in [5.41, 5.74) is 8.44. The van der Waals surface area contributed by atoms with Crippen molar-refractivity contribution in [2.75, 3.05) is 37.5 Å². The first-order chi connectivity index (χ1) is 24.9. The van der Waals surface area contributed by atoms with Gasteiger partial charge in [-0.1, -0.05) is 0 Å². The van der Waals surface area contributed by atoms with Gasteiger partial charge in [0.25, 0.3) is 5.91 Å². The number of amides is 1. The lowest BCUT2D eigenvalue weighted by molar-refractivity contribution is 0.0695. The van der Waals surface area contributed by atoms with Crippen molar-refractivity contribution in [1.29, 1.82) is 0 Å². The number of ether oxygens (including phenoxy) is 4. The fraction of sp³-hybridized carbons (Fsp3) is 0.167. The molecule has 0 atom stereocenters. The first-order valence-corrected chi connectivity index (χ1v) is 15.8. The van der Waals surface area contributed by atoms with E-state index in [0.717, 1.165) is 17.7 Å². The summed E-state index contributed by atoms with van der Waals surface area (Å²) in [6, 6.07) is 21.0. The summed E-state index contributed by atoms with van der Waals surface area (Å²) in [5.74, 6) is 2.19. The quantitative estimate of drug-likeness (QED) is 0.214. The van der Waals surface area contributed by atoms with E-state index in [9.17, 15) is 9.59 Å².